The maximum atomic E-state index is 12.3. The molecular formula is C16H18N2O3Se. The number of rotatable bonds is 4. The normalized spacial score (nSPS) is 14.9. The summed E-state index contributed by atoms with van der Waals surface area (Å²) < 4.78 is 12.3. The molecule has 1 aromatic heterocycles. The molecule has 0 spiro atoms. The van der Waals surface area contributed by atoms with Crippen LogP contribution >= 0.6 is 0 Å². The Kier molecular flexibility index (Phi) is 4.93. The van der Waals surface area contributed by atoms with Gasteiger partial charge in [0.25, 0.3) is 0 Å². The first-order valence-corrected chi connectivity index (χ1v) is 9.07. The van der Waals surface area contributed by atoms with E-state index in [9.17, 15) is 4.79 Å². The molecule has 1 saturated heterocycles. The number of carbonyl (C=O) groups excluding carboxylic acids is 1. The van der Waals surface area contributed by atoms with Crippen LogP contribution in [-0.2, 0) is 9.47 Å². The van der Waals surface area contributed by atoms with Crippen LogP contribution in [0, 0.1) is 0 Å². The standard InChI is InChI=1S/C16H18N2O3Se/c1-2-21-15(19)14-13(12-6-4-3-5-7-12)17-16(22-14)18-8-10-20-11-9-18/h3-7H,2,8-11H2,1H3. The fraction of sp³-hybridized carbons (Fsp3) is 0.375. The van der Waals surface area contributed by atoms with E-state index in [0.717, 1.165) is 29.0 Å². The van der Waals surface area contributed by atoms with Crippen molar-refractivity contribution in [2.75, 3.05) is 37.8 Å². The molecule has 116 valence electrons. The average molecular weight is 365 g/mol. The Bertz CT molecular complexity index is 636. The second kappa shape index (κ2) is 7.09. The van der Waals surface area contributed by atoms with E-state index in [1.165, 1.54) is 0 Å². The zero-order valence-electron chi connectivity index (χ0n) is 12.4. The molecule has 0 aliphatic carbocycles. The first kappa shape index (κ1) is 15.3. The van der Waals surface area contributed by atoms with Crippen LogP contribution in [0.2, 0.25) is 0 Å². The van der Waals surface area contributed by atoms with Crippen molar-refractivity contribution in [2.24, 2.45) is 0 Å². The van der Waals surface area contributed by atoms with Gasteiger partial charge in [-0.1, -0.05) is 0 Å². The van der Waals surface area contributed by atoms with Gasteiger partial charge >= 0.3 is 135 Å². The zero-order valence-corrected chi connectivity index (χ0v) is 14.2. The summed E-state index contributed by atoms with van der Waals surface area (Å²) in [5.74, 6) is -0.242. The Morgan fingerprint density at radius 3 is 2.73 bits per heavy atom. The summed E-state index contributed by atoms with van der Waals surface area (Å²) in [4.78, 5) is 19.3. The molecule has 0 bridgehead atoms. The summed E-state index contributed by atoms with van der Waals surface area (Å²) in [6.07, 6.45) is 0. The van der Waals surface area contributed by atoms with Crippen molar-refractivity contribution in [2.45, 2.75) is 6.92 Å². The van der Waals surface area contributed by atoms with Gasteiger partial charge in [0.05, 0.1) is 0 Å². The van der Waals surface area contributed by atoms with Gasteiger partial charge in [-0.05, 0) is 0 Å². The van der Waals surface area contributed by atoms with Crippen LogP contribution in [0.15, 0.2) is 30.3 Å². The van der Waals surface area contributed by atoms with E-state index in [0.29, 0.717) is 24.3 Å². The number of ether oxygens (including phenoxy) is 2. The SMILES string of the molecule is CCOC(=O)c1[se]c(N2CCOCC2)nc1-c1ccccc1. The Morgan fingerprint density at radius 1 is 1.32 bits per heavy atom. The molecule has 0 atom stereocenters. The molecule has 1 aliphatic rings. The van der Waals surface area contributed by atoms with Gasteiger partial charge in [-0.15, -0.1) is 0 Å². The summed E-state index contributed by atoms with van der Waals surface area (Å²) >= 11 is -0.116. The van der Waals surface area contributed by atoms with E-state index < -0.39 is 0 Å². The number of esters is 1. The van der Waals surface area contributed by atoms with E-state index in [4.69, 9.17) is 14.5 Å². The topological polar surface area (TPSA) is 51.7 Å². The van der Waals surface area contributed by atoms with Crippen LogP contribution in [0.5, 0.6) is 0 Å². The third-order valence-corrected chi connectivity index (χ3v) is 5.71. The van der Waals surface area contributed by atoms with Crippen molar-refractivity contribution >= 4 is 25.2 Å². The van der Waals surface area contributed by atoms with Gasteiger partial charge in [-0.3, -0.25) is 0 Å². The van der Waals surface area contributed by atoms with Gasteiger partial charge in [-0.2, -0.15) is 0 Å². The first-order valence-electron chi connectivity index (χ1n) is 7.35. The first-order chi connectivity index (χ1) is 10.8. The molecule has 1 aliphatic heterocycles. The molecule has 2 aromatic rings. The number of carbonyl (C=O) groups is 1. The quantitative estimate of drug-likeness (QED) is 0.611. The van der Waals surface area contributed by atoms with Crippen molar-refractivity contribution in [3.63, 3.8) is 0 Å². The predicted molar refractivity (Wildman–Crippen MR) is 85.6 cm³/mol. The van der Waals surface area contributed by atoms with E-state index in [2.05, 4.69) is 4.90 Å². The number of morpholine rings is 1. The zero-order chi connectivity index (χ0) is 15.4. The minimum absolute atomic E-state index is 0.116. The number of aromatic nitrogens is 1. The van der Waals surface area contributed by atoms with Gasteiger partial charge in [0.1, 0.15) is 0 Å². The molecule has 2 heterocycles. The summed E-state index contributed by atoms with van der Waals surface area (Å²) in [6, 6.07) is 9.84. The fourth-order valence-corrected chi connectivity index (χ4v) is 4.49. The molecule has 0 unspecified atom stereocenters. The summed E-state index contributed by atoms with van der Waals surface area (Å²) in [5.41, 5.74) is 1.73. The molecule has 0 N–H and O–H groups in total. The van der Waals surface area contributed by atoms with Gasteiger partial charge in [-0.25, -0.2) is 0 Å². The number of nitrogens with zero attached hydrogens (tertiary/aromatic N) is 2. The van der Waals surface area contributed by atoms with Gasteiger partial charge < -0.3 is 0 Å². The number of hydrogen-bond donors (Lipinski definition) is 0. The molecule has 1 fully saturated rings. The fourth-order valence-electron chi connectivity index (χ4n) is 2.33. The van der Waals surface area contributed by atoms with E-state index >= 15 is 0 Å². The van der Waals surface area contributed by atoms with Crippen LogP contribution in [0.3, 0.4) is 0 Å². The number of benzene rings is 1. The summed E-state index contributed by atoms with van der Waals surface area (Å²) in [6.45, 7) is 5.30. The Morgan fingerprint density at radius 2 is 2.05 bits per heavy atom. The number of anilines is 1. The molecule has 22 heavy (non-hydrogen) atoms. The maximum absolute atomic E-state index is 12.3. The second-order valence-corrected chi connectivity index (χ2v) is 6.91. The third-order valence-electron chi connectivity index (χ3n) is 3.41. The van der Waals surface area contributed by atoms with Crippen molar-refractivity contribution in [3.8, 4) is 11.3 Å². The van der Waals surface area contributed by atoms with E-state index in [1.807, 2.05) is 37.3 Å². The van der Waals surface area contributed by atoms with Gasteiger partial charge in [0, 0.05) is 0 Å². The van der Waals surface area contributed by atoms with E-state index in [-0.39, 0.29) is 20.5 Å². The predicted octanol–water partition coefficient (Wildman–Crippen LogP) is 1.82. The van der Waals surface area contributed by atoms with Crippen molar-refractivity contribution in [1.29, 1.82) is 0 Å². The molecule has 6 heteroatoms. The Balaban J connectivity index is 1.98. The summed E-state index contributed by atoms with van der Waals surface area (Å²) in [5, 5.41) is 0. The molecule has 0 amide bonds. The van der Waals surface area contributed by atoms with Crippen LogP contribution in [-0.4, -0.2) is 58.4 Å². The monoisotopic (exact) mass is 366 g/mol. The van der Waals surface area contributed by atoms with Crippen LogP contribution in [0.1, 0.15) is 16.2 Å². The number of hydrogen-bond acceptors (Lipinski definition) is 5. The third kappa shape index (κ3) is 3.24. The van der Waals surface area contributed by atoms with Crippen LogP contribution in [0.25, 0.3) is 11.3 Å². The average Bonchev–Trinajstić information content (AvgIpc) is 3.02. The van der Waals surface area contributed by atoms with Crippen molar-refractivity contribution in [3.05, 3.63) is 34.8 Å². The molecule has 0 saturated carbocycles. The molecule has 5 nitrogen and oxygen atoms in total. The Hall–Kier alpha value is -1.62. The van der Waals surface area contributed by atoms with E-state index in [1.54, 1.807) is 0 Å². The van der Waals surface area contributed by atoms with Gasteiger partial charge in [0.15, 0.2) is 0 Å². The molecular weight excluding hydrogens is 347 g/mol. The molecule has 3 rings (SSSR count). The summed E-state index contributed by atoms with van der Waals surface area (Å²) in [7, 11) is 0. The Labute approximate surface area is 135 Å². The van der Waals surface area contributed by atoms with Crippen LogP contribution in [0.4, 0.5) is 4.69 Å². The van der Waals surface area contributed by atoms with Crippen LogP contribution < -0.4 is 4.90 Å². The van der Waals surface area contributed by atoms with Crippen molar-refractivity contribution in [1.82, 2.24) is 4.98 Å². The molecule has 0 radical (unpaired) electrons. The minimum atomic E-state index is -0.242. The van der Waals surface area contributed by atoms with Crippen molar-refractivity contribution < 1.29 is 14.3 Å². The van der Waals surface area contributed by atoms with Gasteiger partial charge in [0.2, 0.25) is 0 Å². The second-order valence-electron chi connectivity index (χ2n) is 4.86. The molecule has 1 aromatic carbocycles.